The number of aromatic amines is 1. The van der Waals surface area contributed by atoms with Crippen molar-refractivity contribution in [2.24, 2.45) is 5.73 Å². The number of nitrogens with two attached hydrogens (primary N) is 1. The van der Waals surface area contributed by atoms with E-state index in [9.17, 15) is 9.59 Å². The number of nitrogens with one attached hydrogen (secondary N) is 1. The number of rotatable bonds is 3. The SMILES string of the molecule is NC(=O)c1[nH]nc2c1CCc1c-2cnn1-c1ccc(C(=O)O)cc1. The highest BCUT2D eigenvalue weighted by Gasteiger charge is 2.27. The molecule has 0 saturated heterocycles. The van der Waals surface area contributed by atoms with Gasteiger partial charge in [0.1, 0.15) is 5.69 Å². The molecule has 0 atom stereocenters. The van der Waals surface area contributed by atoms with Gasteiger partial charge in [-0.3, -0.25) is 9.89 Å². The second-order valence-corrected chi connectivity index (χ2v) is 5.56. The fourth-order valence-electron chi connectivity index (χ4n) is 3.06. The Kier molecular flexibility index (Phi) is 2.99. The number of carboxylic acids is 1. The third kappa shape index (κ3) is 2.00. The number of H-pyrrole nitrogens is 1. The predicted molar refractivity (Wildman–Crippen MR) is 84.0 cm³/mol. The van der Waals surface area contributed by atoms with E-state index in [1.165, 1.54) is 0 Å². The van der Waals surface area contributed by atoms with Crippen LogP contribution in [-0.4, -0.2) is 37.0 Å². The van der Waals surface area contributed by atoms with Crippen molar-refractivity contribution < 1.29 is 14.7 Å². The smallest absolute Gasteiger partial charge is 0.335 e. The molecule has 0 radical (unpaired) electrons. The second kappa shape index (κ2) is 5.05. The number of nitrogens with zero attached hydrogens (tertiary/aromatic N) is 3. The van der Waals surface area contributed by atoms with Gasteiger partial charge >= 0.3 is 5.97 Å². The third-order valence-corrected chi connectivity index (χ3v) is 4.21. The third-order valence-electron chi connectivity index (χ3n) is 4.21. The predicted octanol–water partition coefficient (Wildman–Crippen LogP) is 1.16. The topological polar surface area (TPSA) is 127 Å². The number of carboxylic acid groups (broad SMARTS) is 1. The second-order valence-electron chi connectivity index (χ2n) is 5.56. The summed E-state index contributed by atoms with van der Waals surface area (Å²) in [5.41, 5.74) is 10.0. The molecule has 1 aliphatic rings. The first-order chi connectivity index (χ1) is 11.6. The minimum atomic E-state index is -0.968. The Hall–Kier alpha value is -3.42. The van der Waals surface area contributed by atoms with E-state index in [0.29, 0.717) is 24.2 Å². The van der Waals surface area contributed by atoms with Crippen molar-refractivity contribution in [3.63, 3.8) is 0 Å². The molecule has 2 aromatic heterocycles. The summed E-state index contributed by atoms with van der Waals surface area (Å²) in [6, 6.07) is 6.51. The van der Waals surface area contributed by atoms with Gasteiger partial charge in [0.05, 0.1) is 28.8 Å². The van der Waals surface area contributed by atoms with Crippen molar-refractivity contribution in [1.82, 2.24) is 20.0 Å². The number of carbonyl (C=O) groups is 2. The standard InChI is InChI=1S/C16H13N5O3/c17-15(22)14-10-5-6-12-11(13(10)19-20-14)7-18-21(12)9-3-1-8(2-4-9)16(23)24/h1-4,7H,5-6H2,(H2,17,22)(H,19,20)(H,23,24). The van der Waals surface area contributed by atoms with Gasteiger partial charge in [0.15, 0.2) is 0 Å². The lowest BCUT2D eigenvalue weighted by Crippen LogP contribution is -2.16. The molecule has 1 amide bonds. The summed E-state index contributed by atoms with van der Waals surface area (Å²) in [5.74, 6) is -1.49. The summed E-state index contributed by atoms with van der Waals surface area (Å²) in [6.07, 6.45) is 3.02. The first kappa shape index (κ1) is 14.2. The molecule has 24 heavy (non-hydrogen) atoms. The van der Waals surface area contributed by atoms with Gasteiger partial charge in [-0.2, -0.15) is 10.2 Å². The highest BCUT2D eigenvalue weighted by Crippen LogP contribution is 2.34. The number of amides is 1. The molecule has 120 valence electrons. The van der Waals surface area contributed by atoms with Crippen LogP contribution in [0.1, 0.15) is 32.1 Å². The lowest BCUT2D eigenvalue weighted by molar-refractivity contribution is 0.0696. The Morgan fingerprint density at radius 1 is 1.21 bits per heavy atom. The van der Waals surface area contributed by atoms with Crippen LogP contribution in [0.2, 0.25) is 0 Å². The molecule has 0 bridgehead atoms. The highest BCUT2D eigenvalue weighted by atomic mass is 16.4. The van der Waals surface area contributed by atoms with Crippen molar-refractivity contribution >= 4 is 11.9 Å². The van der Waals surface area contributed by atoms with Gasteiger partial charge in [-0.15, -0.1) is 0 Å². The zero-order valence-electron chi connectivity index (χ0n) is 12.5. The largest absolute Gasteiger partial charge is 0.478 e. The maximum Gasteiger partial charge on any atom is 0.335 e. The molecule has 8 heteroatoms. The van der Waals surface area contributed by atoms with Gasteiger partial charge in [-0.05, 0) is 37.1 Å². The van der Waals surface area contributed by atoms with Crippen LogP contribution in [0.5, 0.6) is 0 Å². The quantitative estimate of drug-likeness (QED) is 0.666. The summed E-state index contributed by atoms with van der Waals surface area (Å²) < 4.78 is 1.77. The molecule has 4 N–H and O–H groups in total. The van der Waals surface area contributed by atoms with Gasteiger partial charge in [0.25, 0.3) is 5.91 Å². The number of hydrogen-bond acceptors (Lipinski definition) is 4. The lowest BCUT2D eigenvalue weighted by atomic mass is 9.93. The van der Waals surface area contributed by atoms with E-state index in [2.05, 4.69) is 15.3 Å². The molecule has 0 unspecified atom stereocenters. The Bertz CT molecular complexity index is 968. The van der Waals surface area contributed by atoms with Crippen LogP contribution in [0.25, 0.3) is 16.9 Å². The zero-order chi connectivity index (χ0) is 16.8. The summed E-state index contributed by atoms with van der Waals surface area (Å²) in [5, 5.41) is 20.3. The molecule has 0 saturated carbocycles. The molecule has 2 heterocycles. The van der Waals surface area contributed by atoms with E-state index >= 15 is 0 Å². The maximum absolute atomic E-state index is 11.4. The Morgan fingerprint density at radius 3 is 2.62 bits per heavy atom. The van der Waals surface area contributed by atoms with Crippen LogP contribution < -0.4 is 5.73 Å². The average Bonchev–Trinajstić information content (AvgIpc) is 3.18. The fraction of sp³-hybridized carbons (Fsp3) is 0.125. The highest BCUT2D eigenvalue weighted by molar-refractivity contribution is 5.94. The maximum atomic E-state index is 11.4. The van der Waals surface area contributed by atoms with Gasteiger partial charge in [-0.1, -0.05) is 0 Å². The molecule has 0 aliphatic heterocycles. The van der Waals surface area contributed by atoms with E-state index in [4.69, 9.17) is 10.8 Å². The summed E-state index contributed by atoms with van der Waals surface area (Å²) in [7, 11) is 0. The van der Waals surface area contributed by atoms with Crippen molar-refractivity contribution in [1.29, 1.82) is 0 Å². The number of aromatic carboxylic acids is 1. The Balaban J connectivity index is 1.78. The van der Waals surface area contributed by atoms with Crippen molar-refractivity contribution in [2.75, 3.05) is 0 Å². The summed E-state index contributed by atoms with van der Waals surface area (Å²) >= 11 is 0. The van der Waals surface area contributed by atoms with Crippen LogP contribution in [0.3, 0.4) is 0 Å². The molecule has 8 nitrogen and oxygen atoms in total. The molecular formula is C16H13N5O3. The number of primary amides is 1. The van der Waals surface area contributed by atoms with E-state index in [1.807, 2.05) is 0 Å². The van der Waals surface area contributed by atoms with E-state index in [0.717, 1.165) is 22.5 Å². The first-order valence-electron chi connectivity index (χ1n) is 7.34. The van der Waals surface area contributed by atoms with Gasteiger partial charge < -0.3 is 10.8 Å². The average molecular weight is 323 g/mol. The minimum Gasteiger partial charge on any atom is -0.478 e. The van der Waals surface area contributed by atoms with Gasteiger partial charge in [0.2, 0.25) is 0 Å². The van der Waals surface area contributed by atoms with E-state index in [-0.39, 0.29) is 5.56 Å². The summed E-state index contributed by atoms with van der Waals surface area (Å²) in [4.78, 5) is 22.4. The molecule has 1 aromatic carbocycles. The van der Waals surface area contributed by atoms with E-state index < -0.39 is 11.9 Å². The Labute approximate surface area is 135 Å². The fourth-order valence-corrected chi connectivity index (χ4v) is 3.06. The van der Waals surface area contributed by atoms with Crippen molar-refractivity contribution in [3.8, 4) is 16.9 Å². The van der Waals surface area contributed by atoms with Crippen LogP contribution in [0.4, 0.5) is 0 Å². The molecule has 4 rings (SSSR count). The number of benzene rings is 1. The van der Waals surface area contributed by atoms with Crippen molar-refractivity contribution in [2.45, 2.75) is 12.8 Å². The number of fused-ring (bicyclic) bond motifs is 3. The first-order valence-corrected chi connectivity index (χ1v) is 7.34. The van der Waals surface area contributed by atoms with Gasteiger partial charge in [-0.25, -0.2) is 9.48 Å². The Morgan fingerprint density at radius 2 is 1.96 bits per heavy atom. The van der Waals surface area contributed by atoms with Crippen LogP contribution >= 0.6 is 0 Å². The molecular weight excluding hydrogens is 310 g/mol. The van der Waals surface area contributed by atoms with Gasteiger partial charge in [0, 0.05) is 11.1 Å². The number of aromatic nitrogens is 4. The molecule has 0 fully saturated rings. The van der Waals surface area contributed by atoms with Crippen molar-refractivity contribution in [3.05, 3.63) is 53.0 Å². The molecule has 3 aromatic rings. The molecule has 0 spiro atoms. The normalized spacial score (nSPS) is 12.5. The van der Waals surface area contributed by atoms with E-state index in [1.54, 1.807) is 35.1 Å². The molecule has 1 aliphatic carbocycles. The van der Waals surface area contributed by atoms with Crippen LogP contribution in [0.15, 0.2) is 30.5 Å². The zero-order valence-corrected chi connectivity index (χ0v) is 12.5. The monoisotopic (exact) mass is 323 g/mol. The summed E-state index contributed by atoms with van der Waals surface area (Å²) in [6.45, 7) is 0. The number of hydrogen-bond donors (Lipinski definition) is 3. The number of carbonyl (C=O) groups excluding carboxylic acids is 1. The lowest BCUT2D eigenvalue weighted by Gasteiger charge is -2.14. The van der Waals surface area contributed by atoms with Crippen LogP contribution in [0, 0.1) is 0 Å². The van der Waals surface area contributed by atoms with Crippen LogP contribution in [-0.2, 0) is 12.8 Å². The minimum absolute atomic E-state index is 0.223.